The van der Waals surface area contributed by atoms with Gasteiger partial charge in [0.1, 0.15) is 10.6 Å². The van der Waals surface area contributed by atoms with Gasteiger partial charge < -0.3 is 14.8 Å². The normalized spacial score (nSPS) is 12.7. The number of rotatable bonds is 6. The molecule has 0 aliphatic carbocycles. The Hall–Kier alpha value is -2.83. The molecule has 0 fully saturated rings. The maximum Gasteiger partial charge on any atom is 0.418 e. The van der Waals surface area contributed by atoms with Gasteiger partial charge in [0.15, 0.2) is 6.10 Å². The van der Waals surface area contributed by atoms with E-state index in [0.717, 1.165) is 31.2 Å². The summed E-state index contributed by atoms with van der Waals surface area (Å²) in [7, 11) is -3.04. The predicted molar refractivity (Wildman–Crippen MR) is 104 cm³/mol. The maximum absolute atomic E-state index is 13.1. The Morgan fingerprint density at radius 2 is 1.81 bits per heavy atom. The minimum atomic E-state index is -4.79. The van der Waals surface area contributed by atoms with Gasteiger partial charge in [-0.25, -0.2) is 18.4 Å². The zero-order chi connectivity index (χ0) is 23.6. The average molecular weight is 481 g/mol. The molecular weight excluding hydrogens is 465 g/mol. The molecule has 8 nitrogen and oxygen atoms in total. The van der Waals surface area contributed by atoms with E-state index in [0.29, 0.717) is 6.07 Å². The fourth-order valence-electron chi connectivity index (χ4n) is 2.40. The van der Waals surface area contributed by atoms with Gasteiger partial charge in [-0.2, -0.15) is 13.2 Å². The predicted octanol–water partition coefficient (Wildman–Crippen LogP) is 3.20. The number of sulfonamides is 1. The van der Waals surface area contributed by atoms with Crippen molar-refractivity contribution < 1.29 is 40.7 Å². The van der Waals surface area contributed by atoms with E-state index in [1.807, 2.05) is 5.32 Å². The summed E-state index contributed by atoms with van der Waals surface area (Å²) in [5.41, 5.74) is -2.03. The van der Waals surface area contributed by atoms with Crippen LogP contribution in [0.25, 0.3) is 0 Å². The molecule has 2 aromatic rings. The second-order valence-corrected chi connectivity index (χ2v) is 8.10. The van der Waals surface area contributed by atoms with Gasteiger partial charge in [0.05, 0.1) is 23.9 Å². The number of hydrogen-bond donors (Lipinski definition) is 2. The summed E-state index contributed by atoms with van der Waals surface area (Å²) in [5, 5.41) is 6.91. The minimum Gasteiger partial charge on any atom is -0.495 e. The molecule has 0 spiro atoms. The summed E-state index contributed by atoms with van der Waals surface area (Å²) in [6.45, 7) is 1.13. The van der Waals surface area contributed by atoms with Crippen LogP contribution in [0.1, 0.15) is 22.8 Å². The van der Waals surface area contributed by atoms with Gasteiger partial charge in [-0.1, -0.05) is 11.6 Å². The molecule has 1 unspecified atom stereocenters. The quantitative estimate of drug-likeness (QED) is 0.612. The van der Waals surface area contributed by atoms with Crippen molar-refractivity contribution in [3.05, 3.63) is 52.5 Å². The Morgan fingerprint density at radius 3 is 2.35 bits per heavy atom. The summed E-state index contributed by atoms with van der Waals surface area (Å²) >= 11 is 5.58. The van der Waals surface area contributed by atoms with Crippen molar-refractivity contribution in [3.8, 4) is 5.75 Å². The molecule has 0 radical (unpaired) electrons. The smallest absolute Gasteiger partial charge is 0.418 e. The number of benzene rings is 2. The number of carbonyl (C=O) groups excluding carboxylic acids is 2. The van der Waals surface area contributed by atoms with E-state index in [1.165, 1.54) is 13.2 Å². The SMILES string of the molecule is COc1ccc(C(=O)OC(C)C(=O)Nc2ccc(Cl)cc2C(F)(F)F)cc1S(N)(=O)=O. The van der Waals surface area contributed by atoms with Crippen molar-refractivity contribution >= 4 is 39.2 Å². The number of halogens is 4. The van der Waals surface area contributed by atoms with E-state index in [-0.39, 0.29) is 16.3 Å². The van der Waals surface area contributed by atoms with Crippen LogP contribution >= 0.6 is 11.6 Å². The molecular formula is C18H16ClF3N2O6S. The van der Waals surface area contributed by atoms with Crippen molar-refractivity contribution in [2.75, 3.05) is 12.4 Å². The summed E-state index contributed by atoms with van der Waals surface area (Å²) in [6.07, 6.45) is -6.31. The summed E-state index contributed by atoms with van der Waals surface area (Å²) in [5.74, 6) is -2.28. The third-order valence-electron chi connectivity index (χ3n) is 3.90. The molecule has 0 aliphatic heterocycles. The number of carbonyl (C=O) groups is 2. The Labute approximate surface area is 180 Å². The first-order valence-electron chi connectivity index (χ1n) is 8.33. The highest BCUT2D eigenvalue weighted by molar-refractivity contribution is 7.89. The van der Waals surface area contributed by atoms with Crippen molar-refractivity contribution in [3.63, 3.8) is 0 Å². The molecule has 3 N–H and O–H groups in total. The minimum absolute atomic E-state index is 0.118. The van der Waals surface area contributed by atoms with Crippen LogP contribution in [0.5, 0.6) is 5.75 Å². The van der Waals surface area contributed by atoms with E-state index < -0.39 is 50.3 Å². The van der Waals surface area contributed by atoms with E-state index in [1.54, 1.807) is 0 Å². The molecule has 0 saturated heterocycles. The molecule has 168 valence electrons. The molecule has 0 heterocycles. The van der Waals surface area contributed by atoms with Crippen LogP contribution in [-0.2, 0) is 25.7 Å². The first-order chi connectivity index (χ1) is 14.2. The fraction of sp³-hybridized carbons (Fsp3) is 0.222. The van der Waals surface area contributed by atoms with Crippen molar-refractivity contribution in [1.82, 2.24) is 0 Å². The van der Waals surface area contributed by atoms with Gasteiger partial charge in [0, 0.05) is 5.02 Å². The first-order valence-corrected chi connectivity index (χ1v) is 10.3. The molecule has 0 aromatic heterocycles. The van der Waals surface area contributed by atoms with Gasteiger partial charge in [-0.05, 0) is 43.3 Å². The lowest BCUT2D eigenvalue weighted by molar-refractivity contribution is -0.137. The Balaban J connectivity index is 2.20. The van der Waals surface area contributed by atoms with Crippen molar-refractivity contribution in [2.24, 2.45) is 5.14 Å². The van der Waals surface area contributed by atoms with Crippen LogP contribution in [0.4, 0.5) is 18.9 Å². The van der Waals surface area contributed by atoms with Gasteiger partial charge in [0.25, 0.3) is 5.91 Å². The maximum atomic E-state index is 13.1. The molecule has 2 aromatic carbocycles. The molecule has 0 aliphatic rings. The second kappa shape index (κ2) is 9.12. The number of nitrogens with one attached hydrogen (secondary N) is 1. The Bertz CT molecular complexity index is 1120. The highest BCUT2D eigenvalue weighted by Gasteiger charge is 2.35. The van der Waals surface area contributed by atoms with Crippen molar-refractivity contribution in [2.45, 2.75) is 24.1 Å². The Kier molecular flexibility index (Phi) is 7.19. The molecule has 0 bridgehead atoms. The van der Waals surface area contributed by atoms with Crippen LogP contribution in [0.2, 0.25) is 5.02 Å². The fourth-order valence-corrected chi connectivity index (χ4v) is 3.30. The van der Waals surface area contributed by atoms with Gasteiger partial charge in [-0.15, -0.1) is 0 Å². The lowest BCUT2D eigenvalue weighted by atomic mass is 10.1. The lowest BCUT2D eigenvalue weighted by Crippen LogP contribution is -2.31. The number of ether oxygens (including phenoxy) is 2. The van der Waals surface area contributed by atoms with Gasteiger partial charge in [-0.3, -0.25) is 4.79 Å². The number of methoxy groups -OCH3 is 1. The van der Waals surface area contributed by atoms with Crippen LogP contribution < -0.4 is 15.2 Å². The zero-order valence-electron chi connectivity index (χ0n) is 16.0. The first kappa shape index (κ1) is 24.4. The standard InChI is InChI=1S/C18H16ClF3N2O6S/c1-9(16(25)24-13-5-4-11(19)8-12(13)18(20,21)22)30-17(26)10-3-6-14(29-2)15(7-10)31(23,27)28/h3-9H,1-2H3,(H,24,25)(H2,23,27,28). The third kappa shape index (κ3) is 6.09. The highest BCUT2D eigenvalue weighted by atomic mass is 35.5. The monoisotopic (exact) mass is 480 g/mol. The number of anilines is 1. The zero-order valence-corrected chi connectivity index (χ0v) is 17.6. The number of nitrogens with two attached hydrogens (primary N) is 1. The number of primary sulfonamides is 1. The van der Waals surface area contributed by atoms with Gasteiger partial charge >= 0.3 is 12.1 Å². The van der Waals surface area contributed by atoms with E-state index in [2.05, 4.69) is 0 Å². The summed E-state index contributed by atoms with van der Waals surface area (Å²) in [4.78, 5) is 24.0. The van der Waals surface area contributed by atoms with Crippen LogP contribution in [0.3, 0.4) is 0 Å². The second-order valence-electron chi connectivity index (χ2n) is 6.14. The van der Waals surface area contributed by atoms with Gasteiger partial charge in [0.2, 0.25) is 10.0 Å². The van der Waals surface area contributed by atoms with Crippen LogP contribution in [0.15, 0.2) is 41.3 Å². The molecule has 1 amide bonds. The topological polar surface area (TPSA) is 125 Å². The van der Waals surface area contributed by atoms with Crippen molar-refractivity contribution in [1.29, 1.82) is 0 Å². The summed E-state index contributed by atoms with van der Waals surface area (Å²) in [6, 6.07) is 5.96. The van der Waals surface area contributed by atoms with Crippen LogP contribution in [0, 0.1) is 0 Å². The van der Waals surface area contributed by atoms with E-state index in [4.69, 9.17) is 26.2 Å². The number of esters is 1. The number of amides is 1. The lowest BCUT2D eigenvalue weighted by Gasteiger charge is -2.17. The third-order valence-corrected chi connectivity index (χ3v) is 5.07. The number of hydrogen-bond acceptors (Lipinski definition) is 6. The molecule has 2 rings (SSSR count). The molecule has 31 heavy (non-hydrogen) atoms. The highest BCUT2D eigenvalue weighted by Crippen LogP contribution is 2.36. The summed E-state index contributed by atoms with van der Waals surface area (Å²) < 4.78 is 72.5. The largest absolute Gasteiger partial charge is 0.495 e. The molecule has 13 heteroatoms. The average Bonchev–Trinajstić information content (AvgIpc) is 2.67. The Morgan fingerprint density at radius 1 is 1.16 bits per heavy atom. The molecule has 1 atom stereocenters. The van der Waals surface area contributed by atoms with E-state index in [9.17, 15) is 31.2 Å². The number of alkyl halides is 3. The van der Waals surface area contributed by atoms with Crippen LogP contribution in [-0.4, -0.2) is 33.5 Å². The molecule has 0 saturated carbocycles. The van der Waals surface area contributed by atoms with E-state index >= 15 is 0 Å².